The van der Waals surface area contributed by atoms with E-state index >= 15 is 0 Å². The van der Waals surface area contributed by atoms with Crippen LogP contribution >= 0.6 is 0 Å². The number of aromatic nitrogens is 5. The summed E-state index contributed by atoms with van der Waals surface area (Å²) in [7, 11) is 0. The topological polar surface area (TPSA) is 56.5 Å². The quantitative estimate of drug-likeness (QED) is 0.835. The van der Waals surface area contributed by atoms with Crippen LogP contribution in [0.5, 0.6) is 0 Å². The van der Waals surface area contributed by atoms with Gasteiger partial charge in [0.25, 0.3) is 0 Å². The zero-order valence-corrected chi connectivity index (χ0v) is 16.0. The Morgan fingerprint density at radius 3 is 1.78 bits per heavy atom. The lowest BCUT2D eigenvalue weighted by Gasteiger charge is -2.05. The molecule has 0 N–H and O–H groups in total. The van der Waals surface area contributed by atoms with Gasteiger partial charge in [-0.1, -0.05) is 46.8 Å². The molecule has 0 saturated carbocycles. The van der Waals surface area contributed by atoms with Gasteiger partial charge in [0.2, 0.25) is 0 Å². The molecule has 0 saturated heterocycles. The van der Waals surface area contributed by atoms with E-state index in [9.17, 15) is 0 Å². The normalized spacial score (nSPS) is 10.5. The lowest BCUT2D eigenvalue weighted by atomic mass is 10.0. The minimum Gasteiger partial charge on any atom is -0.250 e. The van der Waals surface area contributed by atoms with Crippen molar-refractivity contribution in [3.05, 3.63) is 36.2 Å². The molecule has 130 valence electrons. The van der Waals surface area contributed by atoms with Crippen LogP contribution in [0.2, 0.25) is 0 Å². The number of nitrogens with zero attached hydrogens (tertiary/aromatic N) is 5. The molecule has 0 fully saturated rings. The minimum atomic E-state index is 0.424. The molecule has 0 aliphatic rings. The molecular weight excluding hydrogens is 286 g/mol. The van der Waals surface area contributed by atoms with Gasteiger partial charge in [0, 0.05) is 31.1 Å². The first-order chi connectivity index (χ1) is 10.7. The van der Waals surface area contributed by atoms with Crippen LogP contribution in [-0.2, 0) is 12.8 Å². The summed E-state index contributed by atoms with van der Waals surface area (Å²) in [6, 6.07) is 2.24. The fraction of sp³-hybridized carbons (Fsp3) is 0.667. The first kappa shape index (κ1) is 21.2. The largest absolute Gasteiger partial charge is 0.250 e. The molecule has 2 rings (SSSR count). The summed E-state index contributed by atoms with van der Waals surface area (Å²) in [5.41, 5.74) is 1.56. The average molecular weight is 319 g/mol. The summed E-state index contributed by atoms with van der Waals surface area (Å²) >= 11 is 0. The zero-order chi connectivity index (χ0) is 17.9. The van der Waals surface area contributed by atoms with E-state index in [1.54, 1.807) is 12.4 Å². The van der Waals surface area contributed by atoms with Crippen LogP contribution in [0.1, 0.15) is 73.0 Å². The Labute approximate surface area is 141 Å². The minimum absolute atomic E-state index is 0.424. The van der Waals surface area contributed by atoms with Crippen molar-refractivity contribution in [2.24, 2.45) is 5.41 Å². The summed E-state index contributed by atoms with van der Waals surface area (Å²) in [5.74, 6) is 0.910. The highest BCUT2D eigenvalue weighted by Crippen LogP contribution is 2.08. The third kappa shape index (κ3) is 12.4. The molecule has 0 aliphatic heterocycles. The van der Waals surface area contributed by atoms with Crippen LogP contribution in [0.4, 0.5) is 0 Å². The smallest absolute Gasteiger partial charge is 0.127 e. The Balaban J connectivity index is 0.000000335. The second-order valence-corrected chi connectivity index (χ2v) is 7.16. The molecule has 0 bridgehead atoms. The summed E-state index contributed by atoms with van der Waals surface area (Å²) in [6.45, 7) is 17.0. The van der Waals surface area contributed by atoms with E-state index in [4.69, 9.17) is 0 Å². The van der Waals surface area contributed by atoms with Crippen molar-refractivity contribution >= 4 is 0 Å². The van der Waals surface area contributed by atoms with E-state index in [0.29, 0.717) is 11.5 Å². The predicted molar refractivity (Wildman–Crippen MR) is 96.3 cm³/mol. The SMILES string of the molecule is CC(C)(C)C.CCc1cn(C(C)C)nn1.CCc1ncccn1. The highest BCUT2D eigenvalue weighted by Gasteiger charge is 1.99. The fourth-order valence-corrected chi connectivity index (χ4v) is 1.24. The van der Waals surface area contributed by atoms with Gasteiger partial charge in [0.15, 0.2) is 0 Å². The first-order valence-electron chi connectivity index (χ1n) is 8.33. The van der Waals surface area contributed by atoms with Crippen molar-refractivity contribution in [2.75, 3.05) is 0 Å². The Morgan fingerprint density at radius 2 is 1.52 bits per heavy atom. The lowest BCUT2D eigenvalue weighted by Crippen LogP contribution is -2.00. The Kier molecular flexibility index (Phi) is 10.0. The van der Waals surface area contributed by atoms with Gasteiger partial charge < -0.3 is 0 Å². The molecule has 5 heteroatoms. The van der Waals surface area contributed by atoms with Gasteiger partial charge in [-0.05, 0) is 31.7 Å². The summed E-state index contributed by atoms with van der Waals surface area (Å²) in [4.78, 5) is 7.97. The van der Waals surface area contributed by atoms with Gasteiger partial charge in [0.05, 0.1) is 5.69 Å². The van der Waals surface area contributed by atoms with Crippen molar-refractivity contribution in [2.45, 2.75) is 74.3 Å². The molecule has 2 aromatic rings. The van der Waals surface area contributed by atoms with Gasteiger partial charge in [-0.2, -0.15) is 0 Å². The molecule has 23 heavy (non-hydrogen) atoms. The Morgan fingerprint density at radius 1 is 1.00 bits per heavy atom. The van der Waals surface area contributed by atoms with Crippen molar-refractivity contribution in [1.82, 2.24) is 25.0 Å². The van der Waals surface area contributed by atoms with E-state index < -0.39 is 0 Å². The molecule has 0 spiro atoms. The van der Waals surface area contributed by atoms with E-state index in [2.05, 4.69) is 68.7 Å². The van der Waals surface area contributed by atoms with Crippen molar-refractivity contribution in [3.8, 4) is 0 Å². The first-order valence-corrected chi connectivity index (χ1v) is 8.33. The van der Waals surface area contributed by atoms with E-state index in [0.717, 1.165) is 24.4 Å². The highest BCUT2D eigenvalue weighted by molar-refractivity contribution is 4.91. The van der Waals surface area contributed by atoms with Gasteiger partial charge in [-0.25, -0.2) is 14.6 Å². The number of hydrogen-bond acceptors (Lipinski definition) is 4. The Bertz CT molecular complexity index is 506. The monoisotopic (exact) mass is 319 g/mol. The molecule has 2 aromatic heterocycles. The number of hydrogen-bond donors (Lipinski definition) is 0. The molecule has 0 aliphatic carbocycles. The van der Waals surface area contributed by atoms with E-state index in [-0.39, 0.29) is 0 Å². The molecule has 0 unspecified atom stereocenters. The number of rotatable bonds is 3. The summed E-state index contributed by atoms with van der Waals surface area (Å²) in [6.07, 6.45) is 7.38. The molecule has 0 aromatic carbocycles. The fourth-order valence-electron chi connectivity index (χ4n) is 1.24. The van der Waals surface area contributed by atoms with Gasteiger partial charge >= 0.3 is 0 Å². The third-order valence-corrected chi connectivity index (χ3v) is 2.38. The molecule has 0 atom stereocenters. The summed E-state index contributed by atoms with van der Waals surface area (Å²) < 4.78 is 1.87. The molecule has 0 amide bonds. The van der Waals surface area contributed by atoms with Gasteiger partial charge in [-0.3, -0.25) is 0 Å². The second kappa shape index (κ2) is 10.9. The maximum absolute atomic E-state index is 3.99. The number of aryl methyl sites for hydroxylation is 2. The highest BCUT2D eigenvalue weighted by atomic mass is 15.4. The maximum Gasteiger partial charge on any atom is 0.127 e. The third-order valence-electron chi connectivity index (χ3n) is 2.38. The van der Waals surface area contributed by atoms with E-state index in [1.807, 2.05) is 23.9 Å². The second-order valence-electron chi connectivity index (χ2n) is 7.16. The molecule has 5 nitrogen and oxygen atoms in total. The predicted octanol–water partition coefficient (Wildman–Crippen LogP) is 4.51. The van der Waals surface area contributed by atoms with Crippen molar-refractivity contribution in [1.29, 1.82) is 0 Å². The molecular formula is C18H33N5. The van der Waals surface area contributed by atoms with Crippen LogP contribution < -0.4 is 0 Å². The molecule has 0 radical (unpaired) electrons. The zero-order valence-electron chi connectivity index (χ0n) is 16.0. The lowest BCUT2D eigenvalue weighted by molar-refractivity contribution is 0.469. The van der Waals surface area contributed by atoms with Crippen LogP contribution in [0.25, 0.3) is 0 Å². The van der Waals surface area contributed by atoms with Gasteiger partial charge in [-0.15, -0.1) is 5.10 Å². The van der Waals surface area contributed by atoms with Crippen molar-refractivity contribution < 1.29 is 0 Å². The maximum atomic E-state index is 3.99. The van der Waals surface area contributed by atoms with Gasteiger partial charge in [0.1, 0.15) is 5.82 Å². The standard InChI is InChI=1S/C7H13N3.C6H8N2.C5H12/c1-4-7-5-10(6(2)3)9-8-7;1-2-6-7-4-3-5-8-6;1-5(2,3)4/h5-6H,4H2,1-3H3;3-5H,2H2,1H3;1-4H3. The summed E-state index contributed by atoms with van der Waals surface area (Å²) in [5, 5.41) is 7.92. The van der Waals surface area contributed by atoms with Crippen molar-refractivity contribution in [3.63, 3.8) is 0 Å². The van der Waals surface area contributed by atoms with Crippen LogP contribution in [0.3, 0.4) is 0 Å². The average Bonchev–Trinajstić information content (AvgIpc) is 2.96. The van der Waals surface area contributed by atoms with Crippen LogP contribution in [-0.4, -0.2) is 25.0 Å². The molecule has 2 heterocycles. The van der Waals surface area contributed by atoms with Crippen LogP contribution in [0.15, 0.2) is 24.7 Å². The van der Waals surface area contributed by atoms with E-state index in [1.165, 1.54) is 0 Å². The Hall–Kier alpha value is -1.78. The van der Waals surface area contributed by atoms with Crippen LogP contribution in [0, 0.1) is 5.41 Å².